The van der Waals surface area contributed by atoms with E-state index >= 15 is 0 Å². The number of allylic oxidation sites excluding steroid dienone is 1. The molecule has 0 aromatic carbocycles. The summed E-state index contributed by atoms with van der Waals surface area (Å²) in [5.41, 5.74) is 1.72. The van der Waals surface area contributed by atoms with Gasteiger partial charge in [0.05, 0.1) is 0 Å². The van der Waals surface area contributed by atoms with E-state index in [0.29, 0.717) is 23.7 Å². The smallest absolute Gasteiger partial charge is 0.155 e. The van der Waals surface area contributed by atoms with Gasteiger partial charge in [-0.3, -0.25) is 4.79 Å². The van der Waals surface area contributed by atoms with Crippen molar-refractivity contribution in [2.75, 3.05) is 20.3 Å². The zero-order valence-electron chi connectivity index (χ0n) is 17.0. The summed E-state index contributed by atoms with van der Waals surface area (Å²) in [6.45, 7) is 5.97. The van der Waals surface area contributed by atoms with Crippen molar-refractivity contribution in [3.05, 3.63) is 11.6 Å². The van der Waals surface area contributed by atoms with E-state index in [1.54, 1.807) is 7.11 Å². The molecule has 0 bridgehead atoms. The van der Waals surface area contributed by atoms with Gasteiger partial charge >= 0.3 is 0 Å². The number of methoxy groups -OCH3 is 1. The molecule has 148 valence electrons. The second kappa shape index (κ2) is 8.56. The highest BCUT2D eigenvalue weighted by Gasteiger charge is 2.51. The van der Waals surface area contributed by atoms with Crippen molar-refractivity contribution in [2.45, 2.75) is 71.6 Å². The van der Waals surface area contributed by atoms with Crippen molar-refractivity contribution in [1.82, 2.24) is 0 Å². The molecule has 0 heterocycles. The van der Waals surface area contributed by atoms with E-state index in [2.05, 4.69) is 13.8 Å². The van der Waals surface area contributed by atoms with Crippen LogP contribution in [-0.2, 0) is 9.53 Å². The van der Waals surface area contributed by atoms with Crippen molar-refractivity contribution in [1.29, 1.82) is 0 Å². The Kier molecular flexibility index (Phi) is 6.61. The Labute approximate surface area is 159 Å². The summed E-state index contributed by atoms with van der Waals surface area (Å²) >= 11 is 0. The van der Waals surface area contributed by atoms with E-state index in [4.69, 9.17) is 4.74 Å². The molecule has 2 saturated carbocycles. The maximum Gasteiger partial charge on any atom is 0.155 e. The van der Waals surface area contributed by atoms with Crippen LogP contribution in [0.1, 0.15) is 71.6 Å². The Bertz CT molecular complexity index is 526. The highest BCUT2D eigenvalue weighted by Crippen LogP contribution is 2.59. The SMILES string of the molecule is CCC1C2CC(CO)C3=CC(=O)CCC3C2CCC1(C)CCCCOC. The number of aliphatic hydroxyl groups excluding tert-OH is 1. The molecule has 0 radical (unpaired) electrons. The third-order valence-corrected chi connectivity index (χ3v) is 8.02. The first-order valence-electron chi connectivity index (χ1n) is 10.9. The van der Waals surface area contributed by atoms with Gasteiger partial charge in [-0.25, -0.2) is 0 Å². The number of hydrogen-bond acceptors (Lipinski definition) is 3. The summed E-state index contributed by atoms with van der Waals surface area (Å²) in [5.74, 6) is 3.24. The van der Waals surface area contributed by atoms with Crippen LogP contribution in [0.15, 0.2) is 11.6 Å². The second-order valence-electron chi connectivity index (χ2n) is 9.36. The van der Waals surface area contributed by atoms with E-state index in [1.165, 1.54) is 37.7 Å². The number of rotatable bonds is 7. The Morgan fingerprint density at radius 1 is 1.27 bits per heavy atom. The average Bonchev–Trinajstić information content (AvgIpc) is 2.64. The maximum atomic E-state index is 12.0. The van der Waals surface area contributed by atoms with Crippen LogP contribution >= 0.6 is 0 Å². The Morgan fingerprint density at radius 2 is 2.08 bits per heavy atom. The summed E-state index contributed by atoms with van der Waals surface area (Å²) in [7, 11) is 1.79. The molecule has 3 nitrogen and oxygen atoms in total. The lowest BCUT2D eigenvalue weighted by atomic mass is 9.48. The van der Waals surface area contributed by atoms with Crippen molar-refractivity contribution in [3.63, 3.8) is 0 Å². The first kappa shape index (κ1) is 20.1. The van der Waals surface area contributed by atoms with Gasteiger partial charge in [-0.1, -0.05) is 32.3 Å². The lowest BCUT2D eigenvalue weighted by Gasteiger charge is -2.56. The lowest BCUT2D eigenvalue weighted by molar-refractivity contribution is -0.116. The quantitative estimate of drug-likeness (QED) is 0.663. The molecular formula is C23H38O3. The molecule has 3 rings (SSSR count). The summed E-state index contributed by atoms with van der Waals surface area (Å²) in [6, 6.07) is 0. The molecule has 3 aliphatic carbocycles. The van der Waals surface area contributed by atoms with E-state index in [1.807, 2.05) is 6.08 Å². The molecule has 2 fully saturated rings. The number of ether oxygens (including phenoxy) is 1. The minimum atomic E-state index is 0.208. The molecule has 0 amide bonds. The van der Waals surface area contributed by atoms with Crippen molar-refractivity contribution in [2.24, 2.45) is 35.0 Å². The highest BCUT2D eigenvalue weighted by molar-refractivity contribution is 5.91. The van der Waals surface area contributed by atoms with E-state index in [0.717, 1.165) is 37.7 Å². The van der Waals surface area contributed by atoms with Crippen LogP contribution < -0.4 is 0 Å². The van der Waals surface area contributed by atoms with Crippen LogP contribution in [0.25, 0.3) is 0 Å². The molecule has 3 heteroatoms. The number of carbonyl (C=O) groups is 1. The Balaban J connectivity index is 1.78. The molecular weight excluding hydrogens is 324 g/mol. The normalized spacial score (nSPS) is 39.9. The van der Waals surface area contributed by atoms with Crippen molar-refractivity contribution < 1.29 is 14.6 Å². The van der Waals surface area contributed by atoms with E-state index < -0.39 is 0 Å². The fraction of sp³-hybridized carbons (Fsp3) is 0.870. The standard InChI is InChI=1S/C23H38O3/c1-4-22-21-13-16(15-24)20-14-17(25)7-8-18(20)19(21)9-11-23(22,2)10-5-6-12-26-3/h14,16,18-19,21-22,24H,4-13,15H2,1-3H3. The zero-order valence-corrected chi connectivity index (χ0v) is 17.0. The van der Waals surface area contributed by atoms with Crippen LogP contribution in [0.3, 0.4) is 0 Å². The zero-order chi connectivity index (χ0) is 18.7. The van der Waals surface area contributed by atoms with Gasteiger partial charge in [0.15, 0.2) is 5.78 Å². The van der Waals surface area contributed by atoms with Gasteiger partial charge in [0.25, 0.3) is 0 Å². The second-order valence-corrected chi connectivity index (χ2v) is 9.36. The largest absolute Gasteiger partial charge is 0.396 e. The minimum absolute atomic E-state index is 0.208. The molecule has 0 saturated heterocycles. The van der Waals surface area contributed by atoms with E-state index in [9.17, 15) is 9.90 Å². The molecule has 6 unspecified atom stereocenters. The van der Waals surface area contributed by atoms with Gasteiger partial charge in [-0.2, -0.15) is 0 Å². The lowest BCUT2D eigenvalue weighted by Crippen LogP contribution is -2.49. The summed E-state index contributed by atoms with van der Waals surface area (Å²) in [5, 5.41) is 10.0. The monoisotopic (exact) mass is 362 g/mol. The van der Waals surface area contributed by atoms with Gasteiger partial charge in [0.2, 0.25) is 0 Å². The van der Waals surface area contributed by atoms with Crippen molar-refractivity contribution in [3.8, 4) is 0 Å². The fourth-order valence-corrected chi connectivity index (χ4v) is 6.79. The molecule has 0 spiro atoms. The van der Waals surface area contributed by atoms with Crippen LogP contribution in [0, 0.1) is 35.0 Å². The fourth-order valence-electron chi connectivity index (χ4n) is 6.79. The van der Waals surface area contributed by atoms with Gasteiger partial charge in [-0.05, 0) is 73.7 Å². The number of carbonyl (C=O) groups excluding carboxylic acids is 1. The molecule has 6 atom stereocenters. The minimum Gasteiger partial charge on any atom is -0.396 e. The third kappa shape index (κ3) is 3.80. The number of hydrogen-bond donors (Lipinski definition) is 1. The summed E-state index contributed by atoms with van der Waals surface area (Å²) in [4.78, 5) is 12.0. The first-order valence-corrected chi connectivity index (χ1v) is 10.9. The van der Waals surface area contributed by atoms with Gasteiger partial charge in [0.1, 0.15) is 0 Å². The number of fused-ring (bicyclic) bond motifs is 3. The van der Waals surface area contributed by atoms with Crippen LogP contribution in [0.4, 0.5) is 0 Å². The first-order chi connectivity index (χ1) is 12.5. The molecule has 3 aliphatic rings. The predicted molar refractivity (Wildman–Crippen MR) is 105 cm³/mol. The number of aliphatic hydroxyl groups is 1. The van der Waals surface area contributed by atoms with E-state index in [-0.39, 0.29) is 18.3 Å². The van der Waals surface area contributed by atoms with Gasteiger partial charge < -0.3 is 9.84 Å². The van der Waals surface area contributed by atoms with Gasteiger partial charge in [-0.15, -0.1) is 0 Å². The summed E-state index contributed by atoms with van der Waals surface area (Å²) in [6.07, 6.45) is 12.3. The Hall–Kier alpha value is -0.670. The molecule has 26 heavy (non-hydrogen) atoms. The predicted octanol–water partition coefficient (Wildman–Crippen LogP) is 4.78. The topological polar surface area (TPSA) is 46.5 Å². The van der Waals surface area contributed by atoms with Crippen LogP contribution in [0.2, 0.25) is 0 Å². The third-order valence-electron chi connectivity index (χ3n) is 8.02. The highest BCUT2D eigenvalue weighted by atomic mass is 16.5. The molecule has 1 N–H and O–H groups in total. The average molecular weight is 363 g/mol. The number of ketones is 1. The van der Waals surface area contributed by atoms with Crippen LogP contribution in [-0.4, -0.2) is 31.2 Å². The van der Waals surface area contributed by atoms with Crippen LogP contribution in [0.5, 0.6) is 0 Å². The molecule has 0 aromatic heterocycles. The van der Waals surface area contributed by atoms with Gasteiger partial charge in [0, 0.05) is 32.7 Å². The number of unbranched alkanes of at least 4 members (excludes halogenated alkanes) is 1. The Morgan fingerprint density at radius 3 is 2.77 bits per heavy atom. The summed E-state index contributed by atoms with van der Waals surface area (Å²) < 4.78 is 5.24. The molecule has 0 aliphatic heterocycles. The maximum absolute atomic E-state index is 12.0. The van der Waals surface area contributed by atoms with Crippen molar-refractivity contribution >= 4 is 5.78 Å². The molecule has 0 aromatic rings.